The molecule has 0 radical (unpaired) electrons. The zero-order valence-electron chi connectivity index (χ0n) is 11.1. The number of H-pyrrole nitrogens is 1. The molecule has 1 aromatic heterocycles. The van der Waals surface area contributed by atoms with E-state index in [9.17, 15) is 13.2 Å². The number of hydrogen-bond donors (Lipinski definition) is 2. The monoisotopic (exact) mass is 283 g/mol. The zero-order chi connectivity index (χ0) is 14.6. The molecule has 1 heterocycles. The molecule has 0 fully saturated rings. The molecule has 0 amide bonds. The summed E-state index contributed by atoms with van der Waals surface area (Å²) < 4.78 is 37.4. The van der Waals surface area contributed by atoms with Gasteiger partial charge in [0.05, 0.1) is 17.5 Å². The minimum atomic E-state index is -4.30. The second-order valence-corrected chi connectivity index (χ2v) is 4.53. The van der Waals surface area contributed by atoms with Gasteiger partial charge in [-0.1, -0.05) is 12.1 Å². The number of nitrogens with zero attached hydrogens (tertiary/aromatic N) is 1. The molecule has 2 rings (SSSR count). The van der Waals surface area contributed by atoms with E-state index in [0.717, 1.165) is 43.0 Å². The predicted octanol–water partition coefficient (Wildman–Crippen LogP) is 3.25. The highest BCUT2D eigenvalue weighted by Gasteiger charge is 2.29. The maximum atomic E-state index is 12.5. The van der Waals surface area contributed by atoms with E-state index in [2.05, 4.69) is 15.3 Å². The van der Waals surface area contributed by atoms with Crippen molar-refractivity contribution in [2.24, 2.45) is 0 Å². The molecule has 2 aromatic rings. The van der Waals surface area contributed by atoms with Crippen LogP contribution in [0.2, 0.25) is 0 Å². The summed E-state index contributed by atoms with van der Waals surface area (Å²) in [5.74, 6) is 0.843. The summed E-state index contributed by atoms with van der Waals surface area (Å²) in [4.78, 5) is 7.36. The molecule has 0 unspecified atom stereocenters. The molecule has 20 heavy (non-hydrogen) atoms. The van der Waals surface area contributed by atoms with Crippen molar-refractivity contribution < 1.29 is 13.2 Å². The van der Waals surface area contributed by atoms with Crippen LogP contribution in [0.25, 0.3) is 11.3 Å². The predicted molar refractivity (Wildman–Crippen MR) is 71.3 cm³/mol. The van der Waals surface area contributed by atoms with Crippen LogP contribution in [0.4, 0.5) is 13.2 Å². The standard InChI is InChI=1S/C14H16F3N3/c1-18-8-2-3-13-19-9-12(20-13)10-4-6-11(7-5-10)14(15,16)17/h4-7,9,18H,2-3,8H2,1H3,(H,19,20). The Bertz CT molecular complexity index is 544. The topological polar surface area (TPSA) is 40.7 Å². The van der Waals surface area contributed by atoms with Crippen molar-refractivity contribution in [1.29, 1.82) is 0 Å². The van der Waals surface area contributed by atoms with Gasteiger partial charge in [0.25, 0.3) is 0 Å². The van der Waals surface area contributed by atoms with Crippen LogP contribution in [0.15, 0.2) is 30.5 Å². The number of imidazole rings is 1. The van der Waals surface area contributed by atoms with E-state index in [1.807, 2.05) is 7.05 Å². The number of alkyl halides is 3. The van der Waals surface area contributed by atoms with Crippen LogP contribution < -0.4 is 5.32 Å². The molecule has 0 atom stereocenters. The maximum absolute atomic E-state index is 12.5. The summed E-state index contributed by atoms with van der Waals surface area (Å²) in [5, 5.41) is 3.05. The van der Waals surface area contributed by atoms with Crippen molar-refractivity contribution in [2.75, 3.05) is 13.6 Å². The van der Waals surface area contributed by atoms with E-state index < -0.39 is 11.7 Å². The fourth-order valence-electron chi connectivity index (χ4n) is 1.91. The largest absolute Gasteiger partial charge is 0.416 e. The Balaban J connectivity index is 2.08. The Morgan fingerprint density at radius 1 is 1.20 bits per heavy atom. The molecule has 2 N–H and O–H groups in total. The number of hydrogen-bond acceptors (Lipinski definition) is 2. The lowest BCUT2D eigenvalue weighted by Gasteiger charge is -2.06. The van der Waals surface area contributed by atoms with Crippen molar-refractivity contribution in [2.45, 2.75) is 19.0 Å². The SMILES string of the molecule is CNCCCc1ncc(-c2ccc(C(F)(F)F)cc2)[nH]1. The van der Waals surface area contributed by atoms with Crippen LogP contribution in [0.1, 0.15) is 17.8 Å². The van der Waals surface area contributed by atoms with Crippen LogP contribution >= 0.6 is 0 Å². The smallest absolute Gasteiger partial charge is 0.342 e. The third-order valence-electron chi connectivity index (χ3n) is 2.99. The average Bonchev–Trinajstić information content (AvgIpc) is 2.87. The molecule has 0 bridgehead atoms. The molecule has 108 valence electrons. The summed E-state index contributed by atoms with van der Waals surface area (Å²) in [6.07, 6.45) is -0.889. The van der Waals surface area contributed by atoms with Gasteiger partial charge in [0.1, 0.15) is 5.82 Å². The third kappa shape index (κ3) is 3.60. The first-order valence-electron chi connectivity index (χ1n) is 6.37. The van der Waals surface area contributed by atoms with E-state index in [1.165, 1.54) is 12.1 Å². The van der Waals surface area contributed by atoms with Crippen molar-refractivity contribution >= 4 is 0 Å². The highest BCUT2D eigenvalue weighted by Crippen LogP contribution is 2.30. The molecule has 3 nitrogen and oxygen atoms in total. The Hall–Kier alpha value is -1.82. The lowest BCUT2D eigenvalue weighted by Crippen LogP contribution is -2.08. The van der Waals surface area contributed by atoms with Crippen LogP contribution in [0.5, 0.6) is 0 Å². The molecule has 1 aromatic carbocycles. The number of aromatic amines is 1. The number of rotatable bonds is 5. The van der Waals surface area contributed by atoms with Crippen molar-refractivity contribution in [1.82, 2.24) is 15.3 Å². The lowest BCUT2D eigenvalue weighted by molar-refractivity contribution is -0.137. The zero-order valence-corrected chi connectivity index (χ0v) is 11.1. The van der Waals surface area contributed by atoms with Gasteiger partial charge in [-0.25, -0.2) is 4.98 Å². The molecular weight excluding hydrogens is 267 g/mol. The van der Waals surface area contributed by atoms with Crippen molar-refractivity contribution in [3.05, 3.63) is 41.9 Å². The second-order valence-electron chi connectivity index (χ2n) is 4.53. The van der Waals surface area contributed by atoms with Crippen LogP contribution in [0.3, 0.4) is 0 Å². The van der Waals surface area contributed by atoms with Gasteiger partial charge in [0.15, 0.2) is 0 Å². The first-order chi connectivity index (χ1) is 9.50. The highest BCUT2D eigenvalue weighted by molar-refractivity contribution is 5.58. The third-order valence-corrected chi connectivity index (χ3v) is 2.99. The van der Waals surface area contributed by atoms with E-state index in [4.69, 9.17) is 0 Å². The fourth-order valence-corrected chi connectivity index (χ4v) is 1.91. The summed E-state index contributed by atoms with van der Waals surface area (Å²) in [6.45, 7) is 0.899. The van der Waals surface area contributed by atoms with Gasteiger partial charge in [-0.05, 0) is 37.7 Å². The molecule has 6 heteroatoms. The van der Waals surface area contributed by atoms with E-state index >= 15 is 0 Å². The highest BCUT2D eigenvalue weighted by atomic mass is 19.4. The Labute approximate surface area is 115 Å². The minimum absolute atomic E-state index is 0.644. The minimum Gasteiger partial charge on any atom is -0.342 e. The number of aromatic nitrogens is 2. The van der Waals surface area contributed by atoms with Gasteiger partial charge >= 0.3 is 6.18 Å². The number of nitrogens with one attached hydrogen (secondary N) is 2. The van der Waals surface area contributed by atoms with E-state index in [-0.39, 0.29) is 0 Å². The number of aryl methyl sites for hydroxylation is 1. The average molecular weight is 283 g/mol. The first kappa shape index (κ1) is 14.6. The van der Waals surface area contributed by atoms with Crippen LogP contribution in [-0.2, 0) is 12.6 Å². The summed E-state index contributed by atoms with van der Waals surface area (Å²) in [7, 11) is 1.88. The second kappa shape index (κ2) is 6.09. The van der Waals surface area contributed by atoms with Gasteiger partial charge in [0.2, 0.25) is 0 Å². The van der Waals surface area contributed by atoms with Gasteiger partial charge in [-0.15, -0.1) is 0 Å². The van der Waals surface area contributed by atoms with Gasteiger partial charge in [0, 0.05) is 6.42 Å². The summed E-state index contributed by atoms with van der Waals surface area (Å²) >= 11 is 0. The molecule has 0 aliphatic carbocycles. The quantitative estimate of drug-likeness (QED) is 0.827. The normalized spacial score (nSPS) is 11.8. The molecule has 0 aliphatic rings. The van der Waals surface area contributed by atoms with Gasteiger partial charge < -0.3 is 10.3 Å². The molecular formula is C14H16F3N3. The first-order valence-corrected chi connectivity index (χ1v) is 6.37. The molecule has 0 spiro atoms. The fraction of sp³-hybridized carbons (Fsp3) is 0.357. The molecule has 0 saturated carbocycles. The van der Waals surface area contributed by atoms with Crippen LogP contribution in [-0.4, -0.2) is 23.6 Å². The Morgan fingerprint density at radius 2 is 1.90 bits per heavy atom. The maximum Gasteiger partial charge on any atom is 0.416 e. The summed E-state index contributed by atoms with van der Waals surface area (Å²) in [5.41, 5.74) is 0.790. The van der Waals surface area contributed by atoms with E-state index in [0.29, 0.717) is 5.56 Å². The number of halogens is 3. The van der Waals surface area contributed by atoms with Crippen LogP contribution in [0, 0.1) is 0 Å². The van der Waals surface area contributed by atoms with Crippen molar-refractivity contribution in [3.63, 3.8) is 0 Å². The van der Waals surface area contributed by atoms with E-state index in [1.54, 1.807) is 6.20 Å². The number of benzene rings is 1. The molecule has 0 saturated heterocycles. The van der Waals surface area contributed by atoms with Gasteiger partial charge in [-0.3, -0.25) is 0 Å². The van der Waals surface area contributed by atoms with Gasteiger partial charge in [-0.2, -0.15) is 13.2 Å². The Morgan fingerprint density at radius 3 is 2.50 bits per heavy atom. The lowest BCUT2D eigenvalue weighted by atomic mass is 10.1. The van der Waals surface area contributed by atoms with Crippen molar-refractivity contribution in [3.8, 4) is 11.3 Å². The molecule has 0 aliphatic heterocycles. The Kier molecular flexibility index (Phi) is 4.44. The summed E-state index contributed by atoms with van der Waals surface area (Å²) in [6, 6.07) is 5.06.